The Bertz CT molecular complexity index is 1040. The minimum Gasteiger partial charge on any atom is -0.301 e. The Balaban J connectivity index is 1.43. The Morgan fingerprint density at radius 2 is 1.79 bits per heavy atom. The first kappa shape index (κ1) is 19.8. The highest BCUT2D eigenvalue weighted by atomic mass is 32.2. The molecule has 4 rings (SSSR count). The molecule has 0 amide bonds. The minimum absolute atomic E-state index is 0.410. The molecule has 0 bridgehead atoms. The number of hydrogen-bond acceptors (Lipinski definition) is 5. The van der Waals surface area contributed by atoms with Crippen LogP contribution in [0.2, 0.25) is 0 Å². The first-order valence-electron chi connectivity index (χ1n) is 9.73. The average molecular weight is 422 g/mol. The summed E-state index contributed by atoms with van der Waals surface area (Å²) in [5.41, 5.74) is 1.87. The van der Waals surface area contributed by atoms with Crippen molar-refractivity contribution in [1.29, 1.82) is 0 Å². The fraction of sp³-hybridized carbons (Fsp3) is 0.579. The lowest BCUT2D eigenvalue weighted by Crippen LogP contribution is -2.49. The molecule has 152 valence electrons. The lowest BCUT2D eigenvalue weighted by molar-refractivity contribution is 0.144. The van der Waals surface area contributed by atoms with Crippen molar-refractivity contribution >= 4 is 22.2 Å². The third kappa shape index (κ3) is 3.68. The molecule has 1 aliphatic carbocycles. The minimum atomic E-state index is -3.46. The van der Waals surface area contributed by atoms with Gasteiger partial charge in [-0.1, -0.05) is 17.7 Å². The van der Waals surface area contributed by atoms with Crippen molar-refractivity contribution in [3.8, 4) is 0 Å². The number of aryl methyl sites for hydroxylation is 3. The van der Waals surface area contributed by atoms with Gasteiger partial charge < -0.3 is 4.57 Å². The Kier molecular flexibility index (Phi) is 5.20. The molecule has 1 aromatic carbocycles. The van der Waals surface area contributed by atoms with Crippen molar-refractivity contribution in [3.05, 3.63) is 39.9 Å². The van der Waals surface area contributed by atoms with Crippen LogP contribution in [0.1, 0.15) is 35.8 Å². The molecule has 9 heteroatoms. The van der Waals surface area contributed by atoms with E-state index >= 15 is 0 Å². The summed E-state index contributed by atoms with van der Waals surface area (Å²) >= 11 is 5.60. The van der Waals surface area contributed by atoms with Crippen LogP contribution in [0.5, 0.6) is 0 Å². The summed E-state index contributed by atoms with van der Waals surface area (Å²) in [6.45, 7) is 8.73. The number of sulfonamides is 1. The van der Waals surface area contributed by atoms with Crippen LogP contribution in [0.3, 0.4) is 0 Å². The summed E-state index contributed by atoms with van der Waals surface area (Å²) in [7, 11) is -3.46. The molecule has 2 aromatic rings. The van der Waals surface area contributed by atoms with Gasteiger partial charge in [-0.2, -0.15) is 9.40 Å². The monoisotopic (exact) mass is 421 g/mol. The topological polar surface area (TPSA) is 63.4 Å². The lowest BCUT2D eigenvalue weighted by Gasteiger charge is -2.34. The molecule has 0 spiro atoms. The van der Waals surface area contributed by atoms with Gasteiger partial charge in [-0.05, 0) is 57.5 Å². The van der Waals surface area contributed by atoms with Gasteiger partial charge in [-0.15, -0.1) is 0 Å². The summed E-state index contributed by atoms with van der Waals surface area (Å²) < 4.78 is 32.5. The van der Waals surface area contributed by atoms with Gasteiger partial charge in [-0.3, -0.25) is 4.90 Å². The SMILES string of the molecule is Cc1ccc(S(=O)(=O)N2CCN(Cn3nc(C)n(C4CC4)c3=S)CC2)c(C)c1. The zero-order valence-electron chi connectivity index (χ0n) is 16.6. The number of nitrogens with zero attached hydrogens (tertiary/aromatic N) is 5. The van der Waals surface area contributed by atoms with Gasteiger partial charge in [0, 0.05) is 32.2 Å². The normalized spacial score (nSPS) is 19.2. The van der Waals surface area contributed by atoms with E-state index in [1.54, 1.807) is 10.4 Å². The molecule has 0 radical (unpaired) electrons. The van der Waals surface area contributed by atoms with Crippen LogP contribution in [-0.4, -0.2) is 58.1 Å². The highest BCUT2D eigenvalue weighted by Gasteiger charge is 2.31. The average Bonchev–Trinajstić information content (AvgIpc) is 3.42. The molecule has 7 nitrogen and oxygen atoms in total. The van der Waals surface area contributed by atoms with Crippen LogP contribution in [-0.2, 0) is 16.7 Å². The maximum absolute atomic E-state index is 13.0. The molecule has 0 atom stereocenters. The molecule has 1 saturated carbocycles. The Hall–Kier alpha value is -1.55. The number of piperazine rings is 1. The van der Waals surface area contributed by atoms with E-state index in [9.17, 15) is 8.42 Å². The Morgan fingerprint density at radius 1 is 1.11 bits per heavy atom. The third-order valence-electron chi connectivity index (χ3n) is 5.57. The smallest absolute Gasteiger partial charge is 0.243 e. The predicted octanol–water partition coefficient (Wildman–Crippen LogP) is 2.64. The van der Waals surface area contributed by atoms with Crippen LogP contribution in [0.25, 0.3) is 0 Å². The van der Waals surface area contributed by atoms with E-state index in [0.29, 0.717) is 43.8 Å². The van der Waals surface area contributed by atoms with Crippen LogP contribution in [0.4, 0.5) is 0 Å². The molecule has 1 aromatic heterocycles. The maximum atomic E-state index is 13.0. The van der Waals surface area contributed by atoms with Gasteiger partial charge in [0.1, 0.15) is 5.82 Å². The van der Waals surface area contributed by atoms with Crippen molar-refractivity contribution in [2.24, 2.45) is 0 Å². The third-order valence-corrected chi connectivity index (χ3v) is 8.03. The standard InChI is InChI=1S/C19H27N5O2S2/c1-14-4-7-18(15(2)12-14)28(25,26)22-10-8-21(9-11-22)13-23-19(27)24(16(3)20-23)17-5-6-17/h4,7,12,17H,5-6,8-11,13H2,1-3H3. The van der Waals surface area contributed by atoms with E-state index in [1.165, 1.54) is 12.8 Å². The first-order chi connectivity index (χ1) is 13.3. The maximum Gasteiger partial charge on any atom is 0.243 e. The Morgan fingerprint density at radius 3 is 2.39 bits per heavy atom. The quantitative estimate of drug-likeness (QED) is 0.695. The van der Waals surface area contributed by atoms with Gasteiger partial charge in [0.05, 0.1) is 11.6 Å². The molecule has 1 aliphatic heterocycles. The fourth-order valence-electron chi connectivity index (χ4n) is 3.90. The number of rotatable bonds is 5. The summed E-state index contributed by atoms with van der Waals surface area (Å²) in [5, 5.41) is 4.60. The van der Waals surface area contributed by atoms with Crippen LogP contribution < -0.4 is 0 Å². The highest BCUT2D eigenvalue weighted by molar-refractivity contribution is 7.89. The molecule has 28 heavy (non-hydrogen) atoms. The van der Waals surface area contributed by atoms with E-state index in [0.717, 1.165) is 21.7 Å². The number of hydrogen-bond donors (Lipinski definition) is 0. The summed E-state index contributed by atoms with van der Waals surface area (Å²) in [6.07, 6.45) is 2.35. The van der Waals surface area contributed by atoms with Crippen LogP contribution in [0.15, 0.2) is 23.1 Å². The van der Waals surface area contributed by atoms with Gasteiger partial charge in [0.25, 0.3) is 0 Å². The highest BCUT2D eigenvalue weighted by Crippen LogP contribution is 2.36. The number of benzene rings is 1. The molecule has 0 N–H and O–H groups in total. The van der Waals surface area contributed by atoms with Gasteiger partial charge in [0.15, 0.2) is 4.77 Å². The first-order valence-corrected chi connectivity index (χ1v) is 11.6. The van der Waals surface area contributed by atoms with Crippen LogP contribution in [0, 0.1) is 25.5 Å². The van der Waals surface area contributed by atoms with Crippen LogP contribution >= 0.6 is 12.2 Å². The molecule has 1 saturated heterocycles. The molecular weight excluding hydrogens is 394 g/mol. The molecule has 2 heterocycles. The van der Waals surface area contributed by atoms with Crippen molar-refractivity contribution in [2.45, 2.75) is 51.2 Å². The van der Waals surface area contributed by atoms with Crippen molar-refractivity contribution in [2.75, 3.05) is 26.2 Å². The fourth-order valence-corrected chi connectivity index (χ4v) is 5.91. The second kappa shape index (κ2) is 7.37. The van der Waals surface area contributed by atoms with E-state index in [2.05, 4.69) is 14.6 Å². The van der Waals surface area contributed by atoms with Crippen molar-refractivity contribution in [1.82, 2.24) is 23.6 Å². The van der Waals surface area contributed by atoms with E-state index in [4.69, 9.17) is 12.2 Å². The van der Waals surface area contributed by atoms with E-state index in [1.807, 2.05) is 37.6 Å². The molecular formula is C19H27N5O2S2. The Labute approximate surface area is 171 Å². The summed E-state index contributed by atoms with van der Waals surface area (Å²) in [6, 6.07) is 6.01. The van der Waals surface area contributed by atoms with Crippen molar-refractivity contribution in [3.63, 3.8) is 0 Å². The second-order valence-electron chi connectivity index (χ2n) is 7.86. The largest absolute Gasteiger partial charge is 0.301 e. The number of aromatic nitrogens is 3. The zero-order valence-corrected chi connectivity index (χ0v) is 18.3. The second-order valence-corrected chi connectivity index (χ2v) is 10.1. The van der Waals surface area contributed by atoms with Crippen molar-refractivity contribution < 1.29 is 8.42 Å². The molecule has 0 unspecified atom stereocenters. The van der Waals surface area contributed by atoms with Gasteiger partial charge in [0.2, 0.25) is 10.0 Å². The zero-order chi connectivity index (χ0) is 20.1. The molecule has 2 fully saturated rings. The van der Waals surface area contributed by atoms with E-state index in [-0.39, 0.29) is 0 Å². The summed E-state index contributed by atoms with van der Waals surface area (Å²) in [4.78, 5) is 2.63. The molecule has 2 aliphatic rings. The van der Waals surface area contributed by atoms with E-state index < -0.39 is 10.0 Å². The van der Waals surface area contributed by atoms with Gasteiger partial charge in [-0.25, -0.2) is 13.1 Å². The lowest BCUT2D eigenvalue weighted by atomic mass is 10.2. The summed E-state index contributed by atoms with van der Waals surface area (Å²) in [5.74, 6) is 0.962. The van der Waals surface area contributed by atoms with Gasteiger partial charge >= 0.3 is 0 Å². The predicted molar refractivity (Wildman–Crippen MR) is 110 cm³/mol.